The van der Waals surface area contributed by atoms with E-state index in [4.69, 9.17) is 41.3 Å². The fraction of sp³-hybridized carbons (Fsp3) is 0.545. The quantitative estimate of drug-likeness (QED) is 0.315. The minimum atomic E-state index is -0.968. The topological polar surface area (TPSA) is 155 Å². The van der Waals surface area contributed by atoms with Gasteiger partial charge in [0.25, 0.3) is 5.19 Å². The molecule has 2 aliphatic carbocycles. The molecule has 1 aromatic carbocycles. The Kier molecular flexibility index (Phi) is 8.90. The number of aromatic nitrogens is 2. The van der Waals surface area contributed by atoms with Crippen molar-refractivity contribution in [1.82, 2.24) is 20.2 Å². The molecule has 0 spiro atoms. The third kappa shape index (κ3) is 6.52. The van der Waals surface area contributed by atoms with E-state index in [1.54, 1.807) is 18.2 Å². The van der Waals surface area contributed by atoms with Gasteiger partial charge in [0.05, 0.1) is 32.0 Å². The molecule has 1 aliphatic heterocycles. The molecule has 12 nitrogen and oxygen atoms in total. The Morgan fingerprint density at radius 2 is 1.77 bits per heavy atom. The number of benzene rings is 1. The summed E-state index contributed by atoms with van der Waals surface area (Å²) in [6, 6.07) is 3.33. The van der Waals surface area contributed by atoms with Crippen molar-refractivity contribution in [2.24, 2.45) is 28.9 Å². The van der Waals surface area contributed by atoms with Crippen LogP contribution in [0.3, 0.4) is 0 Å². The van der Waals surface area contributed by atoms with E-state index in [1.807, 2.05) is 26.2 Å². The number of hydrogen-bond acceptors (Lipinski definition) is 10. The second-order valence-corrected chi connectivity index (χ2v) is 14.9. The first-order valence-electron chi connectivity index (χ1n) is 15.7. The number of hydrogen-bond donors (Lipinski definition) is 2. The number of nitrogens with zero attached hydrogens (tertiary/aromatic N) is 3. The van der Waals surface area contributed by atoms with Crippen molar-refractivity contribution >= 4 is 51.7 Å². The number of alkyl carbamates (subject to hydrolysis) is 1. The number of nitrogens with two attached hydrogens (primary N) is 1. The number of pyridine rings is 1. The summed E-state index contributed by atoms with van der Waals surface area (Å²) in [7, 11) is 3.06. The zero-order valence-electron chi connectivity index (χ0n) is 27.2. The maximum absolute atomic E-state index is 14.1. The maximum Gasteiger partial charge on any atom is 0.408 e. The van der Waals surface area contributed by atoms with E-state index >= 15 is 0 Å². The summed E-state index contributed by atoms with van der Waals surface area (Å²) in [6.45, 7) is 7.83. The average molecular weight is 686 g/mol. The number of ether oxygens (including phenoxy) is 4. The molecule has 14 heteroatoms. The standard InChI is InChI=1S/C33H40ClN5O7S/c1-15-19-9-16(10-20(15)19)46-31(42)38-28(33(2,3)4)30(41)39-13-17(11-23(39)29(35)40)45-25-12-21(22-14-47-32(37-22)44-6)36-27-18(25)7-8-24(43-5)26(27)34/h7-8,12,14-17,19-20,23,28H,9-11,13H2,1-6H3,(H2,35,40)(H,38,42)/t15?,16?,17?,19-,20?,23+,28-/m1/s1. The molecule has 2 aromatic heterocycles. The van der Waals surface area contributed by atoms with Crippen LogP contribution >= 0.6 is 22.9 Å². The van der Waals surface area contributed by atoms with Crippen LogP contribution in [0.4, 0.5) is 4.79 Å². The van der Waals surface area contributed by atoms with Gasteiger partial charge in [-0.15, -0.1) is 0 Å². The smallest absolute Gasteiger partial charge is 0.408 e. The van der Waals surface area contributed by atoms with E-state index < -0.39 is 41.5 Å². The number of halogens is 1. The second kappa shape index (κ2) is 12.6. The van der Waals surface area contributed by atoms with Gasteiger partial charge in [0.1, 0.15) is 46.5 Å². The molecule has 3 aliphatic rings. The number of methoxy groups -OCH3 is 2. The Bertz CT molecular complexity index is 1700. The normalized spacial score (nSPS) is 25.6. The van der Waals surface area contributed by atoms with Gasteiger partial charge < -0.3 is 34.9 Å². The molecule has 0 radical (unpaired) electrons. The number of carbonyl (C=O) groups is 3. The zero-order chi connectivity index (χ0) is 33.8. The summed E-state index contributed by atoms with van der Waals surface area (Å²) in [6.07, 6.45) is 0.448. The summed E-state index contributed by atoms with van der Waals surface area (Å²) in [5.41, 5.74) is 6.62. The third-order valence-corrected chi connectivity index (χ3v) is 10.8. The lowest BCUT2D eigenvalue weighted by atomic mass is 9.85. The van der Waals surface area contributed by atoms with Crippen LogP contribution in [-0.4, -0.2) is 77.8 Å². The first kappa shape index (κ1) is 33.1. The Hall–Kier alpha value is -3.84. The van der Waals surface area contributed by atoms with Crippen LogP contribution in [0.2, 0.25) is 5.02 Å². The van der Waals surface area contributed by atoms with Crippen molar-refractivity contribution < 1.29 is 33.3 Å². The number of rotatable bonds is 9. The van der Waals surface area contributed by atoms with E-state index in [2.05, 4.69) is 17.2 Å². The Morgan fingerprint density at radius 3 is 2.38 bits per heavy atom. The molecule has 252 valence electrons. The molecule has 7 atom stereocenters. The first-order valence-corrected chi connectivity index (χ1v) is 17.0. The van der Waals surface area contributed by atoms with Crippen LogP contribution in [0.25, 0.3) is 22.3 Å². The Morgan fingerprint density at radius 1 is 1.04 bits per heavy atom. The SMILES string of the molecule is COc1nc(-c2cc(OC3C[C@@H](C(N)=O)N(C(=O)[C@@H](NC(=O)OC4CC5C(C)[C@H]5C4)C(C)(C)C)C3)c3ccc(OC)c(Cl)c3n2)cs1. The highest BCUT2D eigenvalue weighted by molar-refractivity contribution is 7.11. The predicted octanol–water partition coefficient (Wildman–Crippen LogP) is 5.05. The molecule has 3 N–H and O–H groups in total. The lowest BCUT2D eigenvalue weighted by Crippen LogP contribution is -2.57. The molecular formula is C33H40ClN5O7S. The number of primary amides is 1. The number of carbonyl (C=O) groups excluding carboxylic acids is 3. The second-order valence-electron chi connectivity index (χ2n) is 13.7. The van der Waals surface area contributed by atoms with Gasteiger partial charge in [-0.1, -0.05) is 50.6 Å². The molecule has 47 heavy (non-hydrogen) atoms. The van der Waals surface area contributed by atoms with Crippen molar-refractivity contribution in [3.05, 3.63) is 28.6 Å². The fourth-order valence-corrected chi connectivity index (χ4v) is 7.89. The Labute approximate surface area is 282 Å². The molecule has 6 rings (SSSR count). The maximum atomic E-state index is 14.1. The van der Waals surface area contributed by atoms with Crippen molar-refractivity contribution in [1.29, 1.82) is 0 Å². The lowest BCUT2D eigenvalue weighted by molar-refractivity contribution is -0.141. The van der Waals surface area contributed by atoms with Gasteiger partial charge in [-0.2, -0.15) is 0 Å². The average Bonchev–Trinajstić information content (AvgIpc) is 3.53. The van der Waals surface area contributed by atoms with E-state index in [9.17, 15) is 14.4 Å². The monoisotopic (exact) mass is 685 g/mol. The number of nitrogens with one attached hydrogen (secondary N) is 1. The molecule has 0 bridgehead atoms. The van der Waals surface area contributed by atoms with Gasteiger partial charge in [0.2, 0.25) is 11.8 Å². The van der Waals surface area contributed by atoms with E-state index in [-0.39, 0.29) is 19.1 Å². The summed E-state index contributed by atoms with van der Waals surface area (Å²) in [5.74, 6) is 1.68. The van der Waals surface area contributed by atoms with Gasteiger partial charge >= 0.3 is 6.09 Å². The van der Waals surface area contributed by atoms with Crippen LogP contribution in [0, 0.1) is 23.2 Å². The predicted molar refractivity (Wildman–Crippen MR) is 177 cm³/mol. The Balaban J connectivity index is 1.24. The van der Waals surface area contributed by atoms with Crippen LogP contribution < -0.4 is 25.3 Å². The minimum Gasteiger partial charge on any atom is -0.495 e. The molecule has 2 saturated carbocycles. The number of fused-ring (bicyclic) bond motifs is 2. The van der Waals surface area contributed by atoms with Crippen molar-refractivity contribution in [3.8, 4) is 28.1 Å². The lowest BCUT2D eigenvalue weighted by Gasteiger charge is -2.35. The largest absolute Gasteiger partial charge is 0.495 e. The van der Waals surface area contributed by atoms with Gasteiger partial charge in [0.15, 0.2) is 0 Å². The van der Waals surface area contributed by atoms with Gasteiger partial charge in [-0.25, -0.2) is 14.8 Å². The van der Waals surface area contributed by atoms with Crippen LogP contribution in [0.1, 0.15) is 47.0 Å². The van der Waals surface area contributed by atoms with Gasteiger partial charge in [-0.3, -0.25) is 9.59 Å². The third-order valence-electron chi connectivity index (χ3n) is 9.63. The molecule has 3 aromatic rings. The van der Waals surface area contributed by atoms with Gasteiger partial charge in [-0.05, 0) is 48.1 Å². The van der Waals surface area contributed by atoms with Crippen molar-refractivity contribution in [2.75, 3.05) is 20.8 Å². The zero-order valence-corrected chi connectivity index (χ0v) is 28.8. The highest BCUT2D eigenvalue weighted by Crippen LogP contribution is 2.57. The highest BCUT2D eigenvalue weighted by atomic mass is 35.5. The van der Waals surface area contributed by atoms with E-state index in [1.165, 1.54) is 30.5 Å². The number of amides is 3. The van der Waals surface area contributed by atoms with Gasteiger partial charge in [0, 0.05) is 23.3 Å². The fourth-order valence-electron chi connectivity index (χ4n) is 6.97. The number of thiazole rings is 1. The summed E-state index contributed by atoms with van der Waals surface area (Å²) in [4.78, 5) is 50.4. The van der Waals surface area contributed by atoms with Crippen LogP contribution in [0.5, 0.6) is 16.7 Å². The highest BCUT2D eigenvalue weighted by Gasteiger charge is 2.54. The molecule has 3 fully saturated rings. The summed E-state index contributed by atoms with van der Waals surface area (Å²) in [5, 5.41) is 5.99. The van der Waals surface area contributed by atoms with Crippen molar-refractivity contribution in [3.63, 3.8) is 0 Å². The summed E-state index contributed by atoms with van der Waals surface area (Å²) >= 11 is 8.02. The number of likely N-dealkylation sites (tertiary alicyclic amines) is 1. The first-order chi connectivity index (χ1) is 22.3. The van der Waals surface area contributed by atoms with Crippen LogP contribution in [0.15, 0.2) is 23.6 Å². The molecule has 1 saturated heterocycles. The van der Waals surface area contributed by atoms with E-state index in [0.717, 1.165) is 12.8 Å². The molecule has 3 amide bonds. The van der Waals surface area contributed by atoms with Crippen LogP contribution in [-0.2, 0) is 14.3 Å². The molecule has 4 unspecified atom stereocenters. The minimum absolute atomic E-state index is 0.0627. The van der Waals surface area contributed by atoms with Crippen molar-refractivity contribution in [2.45, 2.75) is 71.2 Å². The molecular weight excluding hydrogens is 646 g/mol. The summed E-state index contributed by atoms with van der Waals surface area (Å²) < 4.78 is 22.9. The molecule has 3 heterocycles. The van der Waals surface area contributed by atoms with E-state index in [0.29, 0.717) is 61.8 Å².